The normalized spacial score (nSPS) is 10.7. The maximum Gasteiger partial charge on any atom is 0.130 e. The van der Waals surface area contributed by atoms with Crippen LogP contribution in [0.5, 0.6) is 5.75 Å². The summed E-state index contributed by atoms with van der Waals surface area (Å²) < 4.78 is 20.0. The molecule has 3 heteroatoms. The third-order valence-electron chi connectivity index (χ3n) is 4.19. The third-order valence-corrected chi connectivity index (χ3v) is 4.19. The van der Waals surface area contributed by atoms with Crippen molar-refractivity contribution in [2.75, 3.05) is 6.54 Å². The van der Waals surface area contributed by atoms with Gasteiger partial charge in [-0.2, -0.15) is 0 Å². The first-order chi connectivity index (χ1) is 12.2. The van der Waals surface area contributed by atoms with E-state index >= 15 is 0 Å². The van der Waals surface area contributed by atoms with Gasteiger partial charge in [-0.05, 0) is 54.3 Å². The highest BCUT2D eigenvalue weighted by atomic mass is 19.1. The van der Waals surface area contributed by atoms with Crippen molar-refractivity contribution in [3.8, 4) is 16.9 Å². The van der Waals surface area contributed by atoms with E-state index in [1.807, 2.05) is 49.4 Å². The Labute approximate surface area is 148 Å². The van der Waals surface area contributed by atoms with Crippen LogP contribution in [0.2, 0.25) is 0 Å². The highest BCUT2D eigenvalue weighted by molar-refractivity contribution is 5.75. The molecule has 0 aromatic heterocycles. The number of aryl methyl sites for hydroxylation is 1. The van der Waals surface area contributed by atoms with Gasteiger partial charge < -0.3 is 10.5 Å². The fourth-order valence-electron chi connectivity index (χ4n) is 2.97. The molecule has 0 saturated carbocycles. The van der Waals surface area contributed by atoms with E-state index in [0.29, 0.717) is 19.6 Å². The summed E-state index contributed by atoms with van der Waals surface area (Å²) in [6, 6.07) is 20.7. The average molecular weight is 335 g/mol. The van der Waals surface area contributed by atoms with Gasteiger partial charge in [-0.25, -0.2) is 4.39 Å². The van der Waals surface area contributed by atoms with Gasteiger partial charge in [0.25, 0.3) is 0 Å². The zero-order chi connectivity index (χ0) is 17.6. The summed E-state index contributed by atoms with van der Waals surface area (Å²) in [5.74, 6) is 0.534. The van der Waals surface area contributed by atoms with Crippen LogP contribution in [0, 0.1) is 12.7 Å². The van der Waals surface area contributed by atoms with Crippen molar-refractivity contribution < 1.29 is 9.13 Å². The van der Waals surface area contributed by atoms with E-state index in [2.05, 4.69) is 6.07 Å². The molecule has 0 radical (unpaired) electrons. The quantitative estimate of drug-likeness (QED) is 0.697. The lowest BCUT2D eigenvalue weighted by molar-refractivity contribution is 0.305. The van der Waals surface area contributed by atoms with Gasteiger partial charge in [-0.15, -0.1) is 0 Å². The van der Waals surface area contributed by atoms with E-state index in [0.717, 1.165) is 33.6 Å². The van der Waals surface area contributed by atoms with Crippen molar-refractivity contribution in [3.63, 3.8) is 0 Å². The molecule has 3 aromatic rings. The minimum atomic E-state index is -0.258. The number of rotatable bonds is 6. The second kappa shape index (κ2) is 7.95. The molecule has 0 unspecified atom stereocenters. The van der Waals surface area contributed by atoms with Gasteiger partial charge in [0.05, 0.1) is 0 Å². The lowest BCUT2D eigenvalue weighted by atomic mass is 9.94. The monoisotopic (exact) mass is 335 g/mol. The molecule has 0 saturated heterocycles. The molecular weight excluding hydrogens is 313 g/mol. The molecule has 0 aliphatic rings. The second-order valence-corrected chi connectivity index (χ2v) is 6.07. The number of hydrogen-bond donors (Lipinski definition) is 1. The van der Waals surface area contributed by atoms with Gasteiger partial charge in [-0.1, -0.05) is 54.6 Å². The van der Waals surface area contributed by atoms with Crippen molar-refractivity contribution >= 4 is 0 Å². The van der Waals surface area contributed by atoms with Crippen LogP contribution >= 0.6 is 0 Å². The predicted octanol–water partition coefficient (Wildman–Crippen LogP) is 4.88. The number of hydrogen-bond acceptors (Lipinski definition) is 2. The van der Waals surface area contributed by atoms with E-state index in [4.69, 9.17) is 10.5 Å². The molecule has 2 nitrogen and oxygen atoms in total. The Balaban J connectivity index is 2.04. The largest absolute Gasteiger partial charge is 0.488 e. The second-order valence-electron chi connectivity index (χ2n) is 6.07. The summed E-state index contributed by atoms with van der Waals surface area (Å²) >= 11 is 0. The van der Waals surface area contributed by atoms with E-state index in [1.54, 1.807) is 12.1 Å². The number of halogens is 1. The minimum absolute atomic E-state index is 0.258. The summed E-state index contributed by atoms with van der Waals surface area (Å²) in [7, 11) is 0. The standard InChI is InChI=1S/C22H22FNO/c1-16-10-11-18(12-13-24)21(19-8-5-9-20(23)14-19)22(16)25-15-17-6-3-2-4-7-17/h2-11,14H,12-13,15,24H2,1H3. The summed E-state index contributed by atoms with van der Waals surface area (Å²) in [4.78, 5) is 0. The van der Waals surface area contributed by atoms with Gasteiger partial charge >= 0.3 is 0 Å². The fraction of sp³-hybridized carbons (Fsp3) is 0.182. The molecule has 3 rings (SSSR count). The molecule has 0 atom stereocenters. The zero-order valence-electron chi connectivity index (χ0n) is 14.3. The first-order valence-electron chi connectivity index (χ1n) is 8.44. The van der Waals surface area contributed by atoms with Gasteiger partial charge in [0.2, 0.25) is 0 Å². The predicted molar refractivity (Wildman–Crippen MR) is 100 cm³/mol. The van der Waals surface area contributed by atoms with E-state index in [9.17, 15) is 4.39 Å². The van der Waals surface area contributed by atoms with Gasteiger partial charge in [0.15, 0.2) is 0 Å². The minimum Gasteiger partial charge on any atom is -0.488 e. The molecule has 128 valence electrons. The van der Waals surface area contributed by atoms with E-state index in [-0.39, 0.29) is 5.82 Å². The van der Waals surface area contributed by atoms with E-state index < -0.39 is 0 Å². The maximum atomic E-state index is 13.8. The van der Waals surface area contributed by atoms with Gasteiger partial charge in [0.1, 0.15) is 18.2 Å². The molecule has 25 heavy (non-hydrogen) atoms. The summed E-state index contributed by atoms with van der Waals surface area (Å²) in [5.41, 5.74) is 10.7. The summed E-state index contributed by atoms with van der Waals surface area (Å²) in [6.07, 6.45) is 0.716. The lowest BCUT2D eigenvalue weighted by Gasteiger charge is -2.18. The van der Waals surface area contributed by atoms with Crippen LogP contribution < -0.4 is 10.5 Å². The Kier molecular flexibility index (Phi) is 5.46. The van der Waals surface area contributed by atoms with Crippen molar-refractivity contribution in [2.45, 2.75) is 20.0 Å². The molecule has 0 amide bonds. The fourth-order valence-corrected chi connectivity index (χ4v) is 2.97. The van der Waals surface area contributed by atoms with Crippen LogP contribution in [0.1, 0.15) is 16.7 Å². The number of ether oxygens (including phenoxy) is 1. The molecule has 0 heterocycles. The summed E-state index contributed by atoms with van der Waals surface area (Å²) in [5, 5.41) is 0. The zero-order valence-corrected chi connectivity index (χ0v) is 14.3. The average Bonchev–Trinajstić information content (AvgIpc) is 2.63. The number of nitrogens with two attached hydrogens (primary N) is 1. The van der Waals surface area contributed by atoms with Gasteiger partial charge in [0, 0.05) is 5.56 Å². The lowest BCUT2D eigenvalue weighted by Crippen LogP contribution is -2.06. The highest BCUT2D eigenvalue weighted by Crippen LogP contribution is 2.37. The van der Waals surface area contributed by atoms with Crippen molar-refractivity contribution in [2.24, 2.45) is 5.73 Å². The van der Waals surface area contributed by atoms with Crippen LogP contribution in [-0.4, -0.2) is 6.54 Å². The Hall–Kier alpha value is -2.65. The first-order valence-corrected chi connectivity index (χ1v) is 8.44. The van der Waals surface area contributed by atoms with E-state index in [1.165, 1.54) is 6.07 Å². The summed E-state index contributed by atoms with van der Waals surface area (Å²) in [6.45, 7) is 3.01. The molecule has 0 fully saturated rings. The number of benzene rings is 3. The highest BCUT2D eigenvalue weighted by Gasteiger charge is 2.15. The Morgan fingerprint density at radius 3 is 2.48 bits per heavy atom. The smallest absolute Gasteiger partial charge is 0.130 e. The van der Waals surface area contributed by atoms with Crippen molar-refractivity contribution in [1.29, 1.82) is 0 Å². The SMILES string of the molecule is Cc1ccc(CCN)c(-c2cccc(F)c2)c1OCc1ccccc1. The third kappa shape index (κ3) is 4.06. The van der Waals surface area contributed by atoms with Crippen LogP contribution in [-0.2, 0) is 13.0 Å². The molecule has 3 aromatic carbocycles. The van der Waals surface area contributed by atoms with Crippen molar-refractivity contribution in [1.82, 2.24) is 0 Å². The molecule has 0 aliphatic heterocycles. The maximum absolute atomic E-state index is 13.8. The molecular formula is C22H22FNO. The molecule has 0 aliphatic carbocycles. The first kappa shape index (κ1) is 17.2. The topological polar surface area (TPSA) is 35.2 Å². The van der Waals surface area contributed by atoms with Crippen molar-refractivity contribution in [3.05, 3.63) is 89.2 Å². The van der Waals surface area contributed by atoms with Crippen LogP contribution in [0.4, 0.5) is 4.39 Å². The molecule has 2 N–H and O–H groups in total. The van der Waals surface area contributed by atoms with Gasteiger partial charge in [-0.3, -0.25) is 0 Å². The van der Waals surface area contributed by atoms with Crippen LogP contribution in [0.15, 0.2) is 66.7 Å². The Morgan fingerprint density at radius 1 is 0.960 bits per heavy atom. The molecule has 0 spiro atoms. The Morgan fingerprint density at radius 2 is 1.76 bits per heavy atom. The molecule has 0 bridgehead atoms. The van der Waals surface area contributed by atoms with Crippen LogP contribution in [0.25, 0.3) is 11.1 Å². The Bertz CT molecular complexity index is 846. The van der Waals surface area contributed by atoms with Crippen LogP contribution in [0.3, 0.4) is 0 Å².